The summed E-state index contributed by atoms with van der Waals surface area (Å²) in [6.07, 6.45) is 1.86. The molecule has 1 heterocycles. The molecule has 6 nitrogen and oxygen atoms in total. The van der Waals surface area contributed by atoms with Gasteiger partial charge in [0.15, 0.2) is 0 Å². The number of fused-ring (bicyclic) bond motifs is 1. The fourth-order valence-corrected chi connectivity index (χ4v) is 2.71. The van der Waals surface area contributed by atoms with Gasteiger partial charge in [0.1, 0.15) is 6.04 Å². The maximum Gasteiger partial charge on any atom is 0.246 e. The standard InChI is InChI=1S/C19H27N3O3/c1-12(20-18(25)19(3,4)5)17(24)21-15-9-8-14-7-6-10-22(13(2)23)16(14)11-15/h8-9,11-12H,6-7,10H2,1-5H3,(H,20,25)(H,21,24). The Morgan fingerprint density at radius 1 is 1.20 bits per heavy atom. The molecular formula is C19H27N3O3. The van der Waals surface area contributed by atoms with E-state index in [-0.39, 0.29) is 17.7 Å². The van der Waals surface area contributed by atoms with Gasteiger partial charge in [-0.25, -0.2) is 0 Å². The van der Waals surface area contributed by atoms with E-state index in [1.54, 1.807) is 39.5 Å². The lowest BCUT2D eigenvalue weighted by Crippen LogP contribution is -2.46. The van der Waals surface area contributed by atoms with Crippen LogP contribution in [0.15, 0.2) is 18.2 Å². The summed E-state index contributed by atoms with van der Waals surface area (Å²) >= 11 is 0. The molecule has 1 aliphatic heterocycles. The zero-order valence-corrected chi connectivity index (χ0v) is 15.6. The minimum absolute atomic E-state index is 0.00441. The van der Waals surface area contributed by atoms with Crippen LogP contribution in [0.5, 0.6) is 0 Å². The van der Waals surface area contributed by atoms with Crippen molar-refractivity contribution in [1.29, 1.82) is 0 Å². The van der Waals surface area contributed by atoms with Crippen molar-refractivity contribution in [2.24, 2.45) is 5.41 Å². The van der Waals surface area contributed by atoms with Crippen LogP contribution in [0.4, 0.5) is 11.4 Å². The van der Waals surface area contributed by atoms with Gasteiger partial charge < -0.3 is 15.5 Å². The highest BCUT2D eigenvalue weighted by Gasteiger charge is 2.25. The molecule has 3 amide bonds. The summed E-state index contributed by atoms with van der Waals surface area (Å²) in [5.41, 5.74) is 2.02. The topological polar surface area (TPSA) is 78.5 Å². The molecule has 1 atom stereocenters. The summed E-state index contributed by atoms with van der Waals surface area (Å²) in [4.78, 5) is 37.9. The molecular weight excluding hydrogens is 318 g/mol. The molecule has 0 radical (unpaired) electrons. The number of aryl methyl sites for hydroxylation is 1. The molecule has 2 rings (SSSR count). The number of nitrogens with one attached hydrogen (secondary N) is 2. The predicted molar refractivity (Wildman–Crippen MR) is 98.5 cm³/mol. The minimum Gasteiger partial charge on any atom is -0.344 e. The van der Waals surface area contributed by atoms with Gasteiger partial charge in [-0.1, -0.05) is 26.8 Å². The number of benzene rings is 1. The van der Waals surface area contributed by atoms with Gasteiger partial charge in [0.25, 0.3) is 0 Å². The molecule has 0 bridgehead atoms. The number of carbonyl (C=O) groups is 3. The van der Waals surface area contributed by atoms with Crippen molar-refractivity contribution in [2.45, 2.75) is 53.5 Å². The Morgan fingerprint density at radius 2 is 1.88 bits per heavy atom. The van der Waals surface area contributed by atoms with Gasteiger partial charge in [-0.2, -0.15) is 0 Å². The zero-order valence-electron chi connectivity index (χ0n) is 15.6. The van der Waals surface area contributed by atoms with E-state index in [9.17, 15) is 14.4 Å². The zero-order chi connectivity index (χ0) is 18.8. The van der Waals surface area contributed by atoms with Gasteiger partial charge in [-0.15, -0.1) is 0 Å². The summed E-state index contributed by atoms with van der Waals surface area (Å²) in [5.74, 6) is -0.471. The lowest BCUT2D eigenvalue weighted by Gasteiger charge is -2.29. The maximum absolute atomic E-state index is 12.4. The van der Waals surface area contributed by atoms with Crippen LogP contribution in [0.25, 0.3) is 0 Å². The summed E-state index contributed by atoms with van der Waals surface area (Å²) in [6.45, 7) is 9.29. The van der Waals surface area contributed by atoms with E-state index in [0.717, 1.165) is 24.1 Å². The first-order valence-corrected chi connectivity index (χ1v) is 8.62. The smallest absolute Gasteiger partial charge is 0.246 e. The molecule has 0 aromatic heterocycles. The quantitative estimate of drug-likeness (QED) is 0.883. The Bertz CT molecular complexity index is 692. The molecule has 0 fully saturated rings. The Balaban J connectivity index is 2.10. The molecule has 6 heteroatoms. The second-order valence-electron chi connectivity index (χ2n) is 7.55. The third kappa shape index (κ3) is 4.59. The first-order chi connectivity index (χ1) is 11.6. The predicted octanol–water partition coefficient (Wildman–Crippen LogP) is 2.48. The summed E-state index contributed by atoms with van der Waals surface area (Å²) < 4.78 is 0. The largest absolute Gasteiger partial charge is 0.344 e. The SMILES string of the molecule is CC(=O)N1CCCc2ccc(NC(=O)C(C)NC(=O)C(C)(C)C)cc21. The molecule has 0 spiro atoms. The van der Waals surface area contributed by atoms with Crippen molar-refractivity contribution in [3.63, 3.8) is 0 Å². The van der Waals surface area contributed by atoms with E-state index < -0.39 is 11.5 Å². The number of amides is 3. The molecule has 25 heavy (non-hydrogen) atoms. The first kappa shape index (κ1) is 19.0. The number of hydrogen-bond acceptors (Lipinski definition) is 3. The van der Waals surface area contributed by atoms with E-state index in [4.69, 9.17) is 0 Å². The molecule has 136 valence electrons. The molecule has 2 N–H and O–H groups in total. The van der Waals surface area contributed by atoms with Crippen LogP contribution in [0.1, 0.15) is 46.6 Å². The van der Waals surface area contributed by atoms with Crippen molar-refractivity contribution in [2.75, 3.05) is 16.8 Å². The van der Waals surface area contributed by atoms with E-state index >= 15 is 0 Å². The lowest BCUT2D eigenvalue weighted by atomic mass is 9.95. The summed E-state index contributed by atoms with van der Waals surface area (Å²) in [7, 11) is 0. The van der Waals surface area contributed by atoms with Gasteiger partial charge in [0, 0.05) is 30.3 Å². The van der Waals surface area contributed by atoms with E-state index in [1.165, 1.54) is 0 Å². The van der Waals surface area contributed by atoms with Crippen LogP contribution in [0.3, 0.4) is 0 Å². The molecule has 1 aromatic rings. The average molecular weight is 345 g/mol. The highest BCUT2D eigenvalue weighted by molar-refractivity contribution is 5.99. The highest BCUT2D eigenvalue weighted by Crippen LogP contribution is 2.30. The van der Waals surface area contributed by atoms with Crippen LogP contribution in [0.2, 0.25) is 0 Å². The summed E-state index contributed by atoms with van der Waals surface area (Å²) in [6, 6.07) is 4.95. The van der Waals surface area contributed by atoms with Gasteiger partial charge in [0.05, 0.1) is 0 Å². The molecule has 1 aliphatic rings. The molecule has 1 unspecified atom stereocenters. The molecule has 1 aromatic carbocycles. The van der Waals surface area contributed by atoms with Crippen molar-refractivity contribution in [1.82, 2.24) is 5.32 Å². The monoisotopic (exact) mass is 345 g/mol. The van der Waals surface area contributed by atoms with Crippen LogP contribution in [-0.4, -0.2) is 30.3 Å². The van der Waals surface area contributed by atoms with Crippen molar-refractivity contribution in [3.8, 4) is 0 Å². The average Bonchev–Trinajstić information content (AvgIpc) is 2.52. The molecule has 0 saturated carbocycles. The Labute approximate surface area is 149 Å². The number of anilines is 2. The van der Waals surface area contributed by atoms with Crippen LogP contribution >= 0.6 is 0 Å². The number of nitrogens with zero attached hydrogens (tertiary/aromatic N) is 1. The van der Waals surface area contributed by atoms with Gasteiger partial charge in [-0.05, 0) is 37.5 Å². The Hall–Kier alpha value is -2.37. The maximum atomic E-state index is 12.4. The van der Waals surface area contributed by atoms with E-state index in [0.29, 0.717) is 12.2 Å². The fraction of sp³-hybridized carbons (Fsp3) is 0.526. The van der Waals surface area contributed by atoms with Crippen LogP contribution < -0.4 is 15.5 Å². The van der Waals surface area contributed by atoms with E-state index in [2.05, 4.69) is 10.6 Å². The first-order valence-electron chi connectivity index (χ1n) is 8.62. The van der Waals surface area contributed by atoms with Crippen molar-refractivity contribution >= 4 is 29.1 Å². The third-order valence-electron chi connectivity index (χ3n) is 4.27. The lowest BCUT2D eigenvalue weighted by molar-refractivity contribution is -0.131. The van der Waals surface area contributed by atoms with Gasteiger partial charge in [-0.3, -0.25) is 14.4 Å². The second kappa shape index (κ2) is 7.25. The molecule has 0 saturated heterocycles. The van der Waals surface area contributed by atoms with Crippen LogP contribution in [0, 0.1) is 5.41 Å². The van der Waals surface area contributed by atoms with Gasteiger partial charge in [0.2, 0.25) is 17.7 Å². The number of hydrogen-bond donors (Lipinski definition) is 2. The second-order valence-corrected chi connectivity index (χ2v) is 7.55. The summed E-state index contributed by atoms with van der Waals surface area (Å²) in [5, 5.41) is 5.53. The fourth-order valence-electron chi connectivity index (χ4n) is 2.71. The minimum atomic E-state index is -0.647. The highest BCUT2D eigenvalue weighted by atomic mass is 16.2. The Kier molecular flexibility index (Phi) is 5.50. The third-order valence-corrected chi connectivity index (χ3v) is 4.27. The Morgan fingerprint density at radius 3 is 2.48 bits per heavy atom. The van der Waals surface area contributed by atoms with E-state index in [1.807, 2.05) is 18.2 Å². The number of carbonyl (C=O) groups excluding carboxylic acids is 3. The van der Waals surface area contributed by atoms with Crippen molar-refractivity contribution in [3.05, 3.63) is 23.8 Å². The normalized spacial score (nSPS) is 15.2. The number of rotatable bonds is 3. The van der Waals surface area contributed by atoms with Crippen molar-refractivity contribution < 1.29 is 14.4 Å². The van der Waals surface area contributed by atoms with Crippen LogP contribution in [-0.2, 0) is 20.8 Å². The molecule has 0 aliphatic carbocycles. The van der Waals surface area contributed by atoms with Gasteiger partial charge >= 0.3 is 0 Å².